The number of hydrogen-bond donors (Lipinski definition) is 1. The summed E-state index contributed by atoms with van der Waals surface area (Å²) >= 11 is 0. The van der Waals surface area contributed by atoms with E-state index in [-0.39, 0.29) is 12.1 Å². The van der Waals surface area contributed by atoms with Gasteiger partial charge in [-0.1, -0.05) is 6.07 Å². The van der Waals surface area contributed by atoms with E-state index in [1.807, 2.05) is 10.7 Å². The van der Waals surface area contributed by atoms with Gasteiger partial charge >= 0.3 is 0 Å². The SMILES string of the molecule is CC(C)n1ncnc1COc1ccc2c(c1)CC[C@H]2N. The Balaban J connectivity index is 1.71. The van der Waals surface area contributed by atoms with Gasteiger partial charge in [0.2, 0.25) is 0 Å². The Morgan fingerprint density at radius 2 is 2.30 bits per heavy atom. The number of hydrogen-bond acceptors (Lipinski definition) is 4. The van der Waals surface area contributed by atoms with Crippen LogP contribution in [0.15, 0.2) is 24.5 Å². The molecule has 0 bridgehead atoms. The number of fused-ring (bicyclic) bond motifs is 1. The van der Waals surface area contributed by atoms with Gasteiger partial charge in [0.1, 0.15) is 18.7 Å². The fraction of sp³-hybridized carbons (Fsp3) is 0.467. The summed E-state index contributed by atoms with van der Waals surface area (Å²) in [5, 5.41) is 4.20. The molecule has 0 saturated carbocycles. The van der Waals surface area contributed by atoms with Crippen molar-refractivity contribution in [2.24, 2.45) is 5.73 Å². The second-order valence-corrected chi connectivity index (χ2v) is 5.51. The Bertz CT molecular complexity index is 606. The van der Waals surface area contributed by atoms with E-state index in [1.165, 1.54) is 11.1 Å². The summed E-state index contributed by atoms with van der Waals surface area (Å²) in [7, 11) is 0. The van der Waals surface area contributed by atoms with Crippen molar-refractivity contribution in [2.45, 2.75) is 45.4 Å². The Labute approximate surface area is 118 Å². The van der Waals surface area contributed by atoms with Crippen LogP contribution in [0.3, 0.4) is 0 Å². The molecule has 1 aromatic carbocycles. The molecule has 0 fully saturated rings. The first-order valence-electron chi connectivity index (χ1n) is 7.04. The molecule has 0 spiro atoms. The third kappa shape index (κ3) is 2.41. The Kier molecular flexibility index (Phi) is 3.44. The van der Waals surface area contributed by atoms with Gasteiger partial charge in [0.25, 0.3) is 0 Å². The molecule has 1 aliphatic rings. The van der Waals surface area contributed by atoms with E-state index >= 15 is 0 Å². The molecule has 1 aromatic heterocycles. The predicted molar refractivity (Wildman–Crippen MR) is 76.4 cm³/mol. The topological polar surface area (TPSA) is 66.0 Å². The van der Waals surface area contributed by atoms with Crippen molar-refractivity contribution in [3.63, 3.8) is 0 Å². The van der Waals surface area contributed by atoms with Crippen molar-refractivity contribution in [2.75, 3.05) is 0 Å². The molecule has 1 heterocycles. The van der Waals surface area contributed by atoms with E-state index in [4.69, 9.17) is 10.5 Å². The zero-order valence-corrected chi connectivity index (χ0v) is 11.9. The van der Waals surface area contributed by atoms with Crippen molar-refractivity contribution in [1.82, 2.24) is 14.8 Å². The highest BCUT2D eigenvalue weighted by atomic mass is 16.5. The molecule has 0 aliphatic heterocycles. The molecule has 1 aliphatic carbocycles. The molecule has 2 N–H and O–H groups in total. The summed E-state index contributed by atoms with van der Waals surface area (Å²) < 4.78 is 7.72. The lowest BCUT2D eigenvalue weighted by atomic mass is 10.1. The molecule has 1 atom stereocenters. The third-order valence-electron chi connectivity index (χ3n) is 3.74. The van der Waals surface area contributed by atoms with Crippen molar-refractivity contribution >= 4 is 0 Å². The standard InChI is InChI=1S/C15H20N4O/c1-10(2)19-15(17-9-18-19)8-20-12-4-5-13-11(7-12)3-6-14(13)16/h4-5,7,9-10,14H,3,6,8,16H2,1-2H3/t14-/m1/s1. The average Bonchev–Trinajstić information content (AvgIpc) is 3.03. The lowest BCUT2D eigenvalue weighted by molar-refractivity contribution is 0.282. The molecule has 106 valence electrons. The zero-order valence-electron chi connectivity index (χ0n) is 11.9. The minimum atomic E-state index is 0.183. The van der Waals surface area contributed by atoms with E-state index in [1.54, 1.807) is 6.33 Å². The molecule has 2 aromatic rings. The van der Waals surface area contributed by atoms with Crippen molar-refractivity contribution in [3.8, 4) is 5.75 Å². The maximum absolute atomic E-state index is 6.04. The first-order valence-corrected chi connectivity index (χ1v) is 7.04. The summed E-state index contributed by atoms with van der Waals surface area (Å²) in [6, 6.07) is 6.63. The summed E-state index contributed by atoms with van der Waals surface area (Å²) in [6.07, 6.45) is 3.64. The first-order chi connectivity index (χ1) is 9.65. The summed E-state index contributed by atoms with van der Waals surface area (Å²) in [5.74, 6) is 1.72. The number of ether oxygens (including phenoxy) is 1. The van der Waals surface area contributed by atoms with Gasteiger partial charge < -0.3 is 10.5 Å². The van der Waals surface area contributed by atoms with Crippen molar-refractivity contribution in [1.29, 1.82) is 0 Å². The van der Waals surface area contributed by atoms with Gasteiger partial charge in [-0.05, 0) is 49.9 Å². The summed E-state index contributed by atoms with van der Waals surface area (Å²) in [6.45, 7) is 4.59. The minimum absolute atomic E-state index is 0.183. The van der Waals surface area contributed by atoms with Crippen LogP contribution in [0.2, 0.25) is 0 Å². The molecule has 0 unspecified atom stereocenters. The van der Waals surface area contributed by atoms with Crippen LogP contribution < -0.4 is 10.5 Å². The van der Waals surface area contributed by atoms with Gasteiger partial charge in [0, 0.05) is 12.1 Å². The number of nitrogens with zero attached hydrogens (tertiary/aromatic N) is 3. The third-order valence-corrected chi connectivity index (χ3v) is 3.74. The summed E-state index contributed by atoms with van der Waals surface area (Å²) in [5.41, 5.74) is 8.60. The van der Waals surface area contributed by atoms with Gasteiger partial charge in [-0.2, -0.15) is 5.10 Å². The molecule has 0 radical (unpaired) electrons. The van der Waals surface area contributed by atoms with Crippen LogP contribution in [0.5, 0.6) is 5.75 Å². The maximum atomic E-state index is 6.04. The fourth-order valence-corrected chi connectivity index (χ4v) is 2.67. The number of aryl methyl sites for hydroxylation is 1. The number of rotatable bonds is 4. The molecule has 0 saturated heterocycles. The van der Waals surface area contributed by atoms with Crippen LogP contribution in [0.25, 0.3) is 0 Å². The lowest BCUT2D eigenvalue weighted by Gasteiger charge is -2.11. The molecule has 5 heteroatoms. The van der Waals surface area contributed by atoms with Crippen LogP contribution in [0.4, 0.5) is 0 Å². The van der Waals surface area contributed by atoms with Gasteiger partial charge in [-0.25, -0.2) is 9.67 Å². The van der Waals surface area contributed by atoms with Crippen LogP contribution in [0, 0.1) is 0 Å². The molecule has 3 rings (SSSR count). The second-order valence-electron chi connectivity index (χ2n) is 5.51. The first kappa shape index (κ1) is 13.1. The minimum Gasteiger partial charge on any atom is -0.486 e. The lowest BCUT2D eigenvalue weighted by Crippen LogP contribution is -2.11. The molecule has 5 nitrogen and oxygen atoms in total. The number of aromatic nitrogens is 3. The quantitative estimate of drug-likeness (QED) is 0.928. The molecule has 0 amide bonds. The maximum Gasteiger partial charge on any atom is 0.165 e. The van der Waals surface area contributed by atoms with Gasteiger partial charge in [-0.15, -0.1) is 0 Å². The highest BCUT2D eigenvalue weighted by Gasteiger charge is 2.19. The van der Waals surface area contributed by atoms with Crippen LogP contribution in [-0.4, -0.2) is 14.8 Å². The van der Waals surface area contributed by atoms with E-state index in [0.717, 1.165) is 24.4 Å². The molecular weight excluding hydrogens is 252 g/mol. The highest BCUT2D eigenvalue weighted by Crippen LogP contribution is 2.32. The Morgan fingerprint density at radius 1 is 1.45 bits per heavy atom. The van der Waals surface area contributed by atoms with E-state index in [9.17, 15) is 0 Å². The van der Waals surface area contributed by atoms with Gasteiger partial charge in [0.15, 0.2) is 5.82 Å². The fourth-order valence-electron chi connectivity index (χ4n) is 2.67. The van der Waals surface area contributed by atoms with Crippen LogP contribution in [0.1, 0.15) is 49.3 Å². The van der Waals surface area contributed by atoms with E-state index < -0.39 is 0 Å². The van der Waals surface area contributed by atoms with Gasteiger partial charge in [0.05, 0.1) is 0 Å². The Morgan fingerprint density at radius 3 is 3.10 bits per heavy atom. The van der Waals surface area contributed by atoms with Crippen molar-refractivity contribution in [3.05, 3.63) is 41.5 Å². The second kappa shape index (κ2) is 5.25. The Hall–Kier alpha value is -1.88. The van der Waals surface area contributed by atoms with E-state index in [0.29, 0.717) is 6.61 Å². The smallest absolute Gasteiger partial charge is 0.165 e. The number of benzene rings is 1. The van der Waals surface area contributed by atoms with Crippen molar-refractivity contribution < 1.29 is 4.74 Å². The zero-order chi connectivity index (χ0) is 14.1. The van der Waals surface area contributed by atoms with Crippen LogP contribution in [-0.2, 0) is 13.0 Å². The normalized spacial score (nSPS) is 17.5. The van der Waals surface area contributed by atoms with E-state index in [2.05, 4.69) is 36.1 Å². The van der Waals surface area contributed by atoms with Gasteiger partial charge in [-0.3, -0.25) is 0 Å². The molecule has 20 heavy (non-hydrogen) atoms. The summed E-state index contributed by atoms with van der Waals surface area (Å²) in [4.78, 5) is 4.24. The van der Waals surface area contributed by atoms with Crippen LogP contribution >= 0.6 is 0 Å². The largest absolute Gasteiger partial charge is 0.486 e. The number of nitrogens with two attached hydrogens (primary N) is 1. The predicted octanol–water partition coefficient (Wildman–Crippen LogP) is 2.38. The average molecular weight is 272 g/mol. The monoisotopic (exact) mass is 272 g/mol. The highest BCUT2D eigenvalue weighted by molar-refractivity contribution is 5.40. The molecular formula is C15H20N4O.